The third-order valence-electron chi connectivity index (χ3n) is 6.79. The molecule has 6 rings (SSSR count). The van der Waals surface area contributed by atoms with Gasteiger partial charge in [0.1, 0.15) is 12.2 Å². The normalized spacial score (nSPS) is 24.8. The second kappa shape index (κ2) is 9.60. The number of carbonyl (C=O) groups excluding carboxylic acids is 2. The Kier molecular flexibility index (Phi) is 6.01. The first kappa shape index (κ1) is 22.5. The van der Waals surface area contributed by atoms with Crippen molar-refractivity contribution in [2.24, 2.45) is 0 Å². The fourth-order valence-corrected chi connectivity index (χ4v) is 5.02. The number of hydrogen-bond donors (Lipinski definition) is 1. The second-order valence-corrected chi connectivity index (χ2v) is 9.02. The molecule has 1 N–H and O–H groups in total. The van der Waals surface area contributed by atoms with Crippen molar-refractivity contribution >= 4 is 34.5 Å². The molecule has 3 aromatic rings. The Morgan fingerprint density at radius 1 is 0.861 bits per heavy atom. The molecule has 4 atom stereocenters. The van der Waals surface area contributed by atoms with Crippen LogP contribution < -0.4 is 0 Å². The molecule has 0 bridgehead atoms. The van der Waals surface area contributed by atoms with Crippen LogP contribution in [0.5, 0.6) is 0 Å². The van der Waals surface area contributed by atoms with Gasteiger partial charge in [0.25, 0.3) is 0 Å². The van der Waals surface area contributed by atoms with Crippen molar-refractivity contribution in [3.8, 4) is 0 Å². The summed E-state index contributed by atoms with van der Waals surface area (Å²) < 4.78 is 22.8. The molecule has 7 heteroatoms. The van der Waals surface area contributed by atoms with Gasteiger partial charge >= 0.3 is 11.9 Å². The molecule has 1 aliphatic carbocycles. The summed E-state index contributed by atoms with van der Waals surface area (Å²) >= 11 is 0. The minimum absolute atomic E-state index is 0.190. The Morgan fingerprint density at radius 3 is 2.31 bits per heavy atom. The molecule has 0 unspecified atom stereocenters. The van der Waals surface area contributed by atoms with Gasteiger partial charge in [-0.25, -0.2) is 9.59 Å². The highest BCUT2D eigenvalue weighted by Gasteiger charge is 2.51. The number of esters is 2. The van der Waals surface area contributed by atoms with E-state index in [1.165, 1.54) is 17.7 Å². The van der Waals surface area contributed by atoms with Crippen molar-refractivity contribution in [2.75, 3.05) is 13.2 Å². The van der Waals surface area contributed by atoms with E-state index in [0.29, 0.717) is 0 Å². The molecule has 2 aromatic carbocycles. The SMILES string of the molecule is O=C(/C=C/C1=CCc2ccccc21)O[C@H]1CO[C@H]2[C@@H]1OC[C@H]2OC(=O)/C=C/c1c[nH]c2ccccc12. The molecular weight excluding hydrogens is 458 g/mol. The van der Waals surface area contributed by atoms with E-state index in [-0.39, 0.29) is 13.2 Å². The van der Waals surface area contributed by atoms with Gasteiger partial charge < -0.3 is 23.9 Å². The first-order valence-electron chi connectivity index (χ1n) is 12.0. The van der Waals surface area contributed by atoms with Crippen molar-refractivity contribution in [3.05, 3.63) is 95.7 Å². The Hall–Kier alpha value is -3.94. The van der Waals surface area contributed by atoms with E-state index in [1.807, 2.05) is 48.7 Å². The highest BCUT2D eigenvalue weighted by Crippen LogP contribution is 2.31. The van der Waals surface area contributed by atoms with Crippen molar-refractivity contribution in [3.63, 3.8) is 0 Å². The average molecular weight is 484 g/mol. The number of nitrogens with one attached hydrogen (secondary N) is 1. The lowest BCUT2D eigenvalue weighted by Crippen LogP contribution is -2.35. The van der Waals surface area contributed by atoms with Gasteiger partial charge in [0.2, 0.25) is 0 Å². The average Bonchev–Trinajstić information content (AvgIpc) is 3.67. The van der Waals surface area contributed by atoms with Crippen LogP contribution in [-0.4, -0.2) is 54.6 Å². The summed E-state index contributed by atoms with van der Waals surface area (Å²) in [6.07, 6.45) is 9.08. The predicted molar refractivity (Wildman–Crippen MR) is 134 cm³/mol. The largest absolute Gasteiger partial charge is 0.454 e. The fraction of sp³-hybridized carbons (Fsp3) is 0.241. The molecule has 3 heterocycles. The number of fused-ring (bicyclic) bond motifs is 3. The number of aromatic amines is 1. The van der Waals surface area contributed by atoms with E-state index in [0.717, 1.165) is 34.0 Å². The summed E-state index contributed by atoms with van der Waals surface area (Å²) in [4.78, 5) is 28.1. The molecule has 1 aromatic heterocycles. The Morgan fingerprint density at radius 2 is 1.53 bits per heavy atom. The molecule has 182 valence electrons. The smallest absolute Gasteiger partial charge is 0.331 e. The number of allylic oxidation sites excluding steroid dienone is 3. The van der Waals surface area contributed by atoms with Crippen LogP contribution >= 0.6 is 0 Å². The first-order valence-corrected chi connectivity index (χ1v) is 12.0. The zero-order valence-corrected chi connectivity index (χ0v) is 19.5. The quantitative estimate of drug-likeness (QED) is 0.421. The zero-order valence-electron chi connectivity index (χ0n) is 19.5. The van der Waals surface area contributed by atoms with Crippen LogP contribution in [0.3, 0.4) is 0 Å². The summed E-state index contributed by atoms with van der Waals surface area (Å²) in [6, 6.07) is 16.0. The van der Waals surface area contributed by atoms with Crippen LogP contribution in [0, 0.1) is 0 Å². The summed E-state index contributed by atoms with van der Waals surface area (Å²) in [6.45, 7) is 0.384. The Bertz CT molecular complexity index is 1400. The zero-order chi connectivity index (χ0) is 24.5. The standard InChI is InChI=1S/C29H25NO6/c31-26(13-11-19-10-9-18-5-1-2-6-21(18)19)35-24-16-33-29-25(17-34-28(24)29)36-27(32)14-12-20-15-30-23-8-4-3-7-22(20)23/h1-8,10-15,24-25,28-30H,9,16-17H2/b13-11+,14-12+/t24-,25+,28+,29+/m0/s1. The van der Waals surface area contributed by atoms with E-state index in [1.54, 1.807) is 12.2 Å². The van der Waals surface area contributed by atoms with E-state index in [9.17, 15) is 9.59 Å². The lowest BCUT2D eigenvalue weighted by Gasteiger charge is -2.16. The summed E-state index contributed by atoms with van der Waals surface area (Å²) in [7, 11) is 0. The van der Waals surface area contributed by atoms with Gasteiger partial charge in [-0.05, 0) is 41.3 Å². The third kappa shape index (κ3) is 4.39. The molecule has 2 aliphatic heterocycles. The van der Waals surface area contributed by atoms with Crippen LogP contribution in [0.2, 0.25) is 0 Å². The molecule has 0 amide bonds. The number of para-hydroxylation sites is 1. The lowest BCUT2D eigenvalue weighted by molar-refractivity contribution is -0.149. The molecule has 2 saturated heterocycles. The van der Waals surface area contributed by atoms with Gasteiger partial charge in [0, 0.05) is 34.8 Å². The van der Waals surface area contributed by atoms with Crippen molar-refractivity contribution < 1.29 is 28.5 Å². The maximum atomic E-state index is 12.5. The molecule has 0 spiro atoms. The van der Waals surface area contributed by atoms with Crippen molar-refractivity contribution in [1.29, 1.82) is 0 Å². The number of carbonyl (C=O) groups is 2. The third-order valence-corrected chi connectivity index (χ3v) is 6.79. The van der Waals surface area contributed by atoms with Crippen molar-refractivity contribution in [1.82, 2.24) is 4.98 Å². The monoisotopic (exact) mass is 483 g/mol. The van der Waals surface area contributed by atoms with Gasteiger partial charge in [-0.15, -0.1) is 0 Å². The molecular formula is C29H25NO6. The van der Waals surface area contributed by atoms with Crippen LogP contribution in [0.4, 0.5) is 0 Å². The number of ether oxygens (including phenoxy) is 4. The molecule has 36 heavy (non-hydrogen) atoms. The number of benzene rings is 2. The molecule has 0 saturated carbocycles. The Balaban J connectivity index is 1.02. The van der Waals surface area contributed by atoms with Gasteiger partial charge in [-0.2, -0.15) is 0 Å². The van der Waals surface area contributed by atoms with Crippen molar-refractivity contribution in [2.45, 2.75) is 30.8 Å². The summed E-state index contributed by atoms with van der Waals surface area (Å²) in [5, 5.41) is 1.03. The maximum absolute atomic E-state index is 12.5. The predicted octanol–water partition coefficient (Wildman–Crippen LogP) is 4.00. The van der Waals surface area contributed by atoms with E-state index < -0.39 is 36.4 Å². The minimum Gasteiger partial charge on any atom is -0.454 e. The Labute approximate surface area is 208 Å². The summed E-state index contributed by atoms with van der Waals surface area (Å²) in [5.41, 5.74) is 5.28. The fourth-order valence-electron chi connectivity index (χ4n) is 5.02. The minimum atomic E-state index is -0.561. The molecule has 3 aliphatic rings. The summed E-state index contributed by atoms with van der Waals surface area (Å²) in [5.74, 6) is -0.938. The van der Waals surface area contributed by atoms with E-state index >= 15 is 0 Å². The highest BCUT2D eigenvalue weighted by molar-refractivity contribution is 5.94. The topological polar surface area (TPSA) is 86.8 Å². The van der Waals surface area contributed by atoms with Crippen LogP contribution in [0.1, 0.15) is 16.7 Å². The molecule has 7 nitrogen and oxygen atoms in total. The number of aromatic nitrogens is 1. The number of hydrogen-bond acceptors (Lipinski definition) is 6. The number of H-pyrrole nitrogens is 1. The van der Waals surface area contributed by atoms with E-state index in [4.69, 9.17) is 18.9 Å². The van der Waals surface area contributed by atoms with Gasteiger partial charge in [0.15, 0.2) is 12.2 Å². The van der Waals surface area contributed by atoms with Gasteiger partial charge in [-0.3, -0.25) is 0 Å². The second-order valence-electron chi connectivity index (χ2n) is 9.02. The van der Waals surface area contributed by atoms with Gasteiger partial charge in [-0.1, -0.05) is 48.5 Å². The van der Waals surface area contributed by atoms with Crippen LogP contribution in [0.25, 0.3) is 22.6 Å². The maximum Gasteiger partial charge on any atom is 0.331 e. The first-order chi connectivity index (χ1) is 17.7. The van der Waals surface area contributed by atoms with Crippen LogP contribution in [0.15, 0.2) is 79.0 Å². The van der Waals surface area contributed by atoms with Gasteiger partial charge in [0.05, 0.1) is 13.2 Å². The van der Waals surface area contributed by atoms with Crippen LogP contribution in [-0.2, 0) is 35.0 Å². The highest BCUT2D eigenvalue weighted by atomic mass is 16.7. The lowest BCUT2D eigenvalue weighted by atomic mass is 10.1. The molecule has 0 radical (unpaired) electrons. The number of rotatable bonds is 6. The van der Waals surface area contributed by atoms with E-state index in [2.05, 4.69) is 17.1 Å². The molecule has 2 fully saturated rings.